The van der Waals surface area contributed by atoms with Crippen LogP contribution >= 0.6 is 58.0 Å². The molecule has 0 saturated carbocycles. The molecule has 3 aliphatic heterocycles. The van der Waals surface area contributed by atoms with E-state index in [1.165, 1.54) is 18.7 Å². The van der Waals surface area contributed by atoms with Crippen LogP contribution in [0.15, 0.2) is 73.6 Å². The van der Waals surface area contributed by atoms with E-state index in [9.17, 15) is 20.4 Å². The molecule has 306 valence electrons. The minimum atomic E-state index is -1.32. The molecule has 0 bridgehead atoms. The summed E-state index contributed by atoms with van der Waals surface area (Å²) in [5.74, 6) is -0.202. The van der Waals surface area contributed by atoms with Gasteiger partial charge in [0.15, 0.2) is 18.2 Å². The van der Waals surface area contributed by atoms with E-state index in [4.69, 9.17) is 77.0 Å². The third-order valence-corrected chi connectivity index (χ3v) is 12.1. The molecule has 7 heterocycles. The van der Waals surface area contributed by atoms with Gasteiger partial charge in [0.25, 0.3) is 0 Å². The summed E-state index contributed by atoms with van der Waals surface area (Å²) in [6, 6.07) is 13.2. The van der Waals surface area contributed by atoms with Crippen molar-refractivity contribution in [2.24, 2.45) is 0 Å². The second-order valence-corrected chi connectivity index (χ2v) is 16.3. The summed E-state index contributed by atoms with van der Waals surface area (Å²) in [4.78, 5) is 16.8. The van der Waals surface area contributed by atoms with Crippen LogP contribution in [0.5, 0.6) is 0 Å². The Balaban J connectivity index is 0.000000162. The van der Waals surface area contributed by atoms with E-state index < -0.39 is 67.1 Å². The molecule has 0 unspecified atom stereocenters. The minimum Gasteiger partial charge on any atom is -0.387 e. The molecule has 0 radical (unpaired) electrons. The molecule has 3 saturated heterocycles. The number of aliphatic hydroxyl groups excluding tert-OH is 4. The second kappa shape index (κ2) is 16.2. The maximum atomic E-state index is 11.1. The Kier molecular flexibility index (Phi) is 11.6. The fraction of sp³-hybridized carbons (Fsp3) is 0.368. The summed E-state index contributed by atoms with van der Waals surface area (Å²) >= 11 is 30.3. The lowest BCUT2D eigenvalue weighted by atomic mass is 9.99. The van der Waals surface area contributed by atoms with Gasteiger partial charge in [-0.25, -0.2) is 19.9 Å². The van der Waals surface area contributed by atoms with Crippen molar-refractivity contribution in [2.45, 2.75) is 80.9 Å². The highest BCUT2D eigenvalue weighted by atomic mass is 35.5. The number of aliphatic hydroxyl groups is 4. The molecule has 3 fully saturated rings. The molecule has 3 aliphatic rings. The number of anilines is 1. The number of nitrogens with zero attached hydrogens (tertiary/aromatic N) is 6. The molecule has 58 heavy (non-hydrogen) atoms. The van der Waals surface area contributed by atoms with Crippen molar-refractivity contribution in [2.75, 3.05) is 12.4 Å². The first-order valence-electron chi connectivity index (χ1n) is 17.9. The van der Waals surface area contributed by atoms with Crippen LogP contribution in [0.3, 0.4) is 0 Å². The van der Waals surface area contributed by atoms with Gasteiger partial charge in [0.05, 0.1) is 30.9 Å². The van der Waals surface area contributed by atoms with Gasteiger partial charge in [-0.2, -0.15) is 0 Å². The van der Waals surface area contributed by atoms with E-state index in [1.807, 2.05) is 30.7 Å². The van der Waals surface area contributed by atoms with Gasteiger partial charge in [0, 0.05) is 19.4 Å². The fourth-order valence-electron chi connectivity index (χ4n) is 7.55. The van der Waals surface area contributed by atoms with E-state index in [0.717, 1.165) is 5.39 Å². The number of rotatable bonds is 7. The number of aromatic nitrogens is 6. The average molecular weight is 896 g/mol. The monoisotopic (exact) mass is 893 g/mol. The third kappa shape index (κ3) is 7.51. The van der Waals surface area contributed by atoms with Crippen molar-refractivity contribution < 1.29 is 39.4 Å². The van der Waals surface area contributed by atoms with Crippen LogP contribution in [-0.4, -0.2) is 99.0 Å². The molecule has 0 amide bonds. The lowest BCUT2D eigenvalue weighted by molar-refractivity contribution is -0.207. The van der Waals surface area contributed by atoms with Gasteiger partial charge in [-0.3, -0.25) is 0 Å². The maximum absolute atomic E-state index is 11.1. The molecular weight excluding hydrogens is 860 g/mol. The molecular formula is C38H36Cl5N7O8. The molecule has 15 nitrogen and oxygen atoms in total. The van der Waals surface area contributed by atoms with Crippen LogP contribution in [-0.2, 0) is 18.9 Å². The van der Waals surface area contributed by atoms with Crippen molar-refractivity contribution in [3.05, 3.63) is 110 Å². The number of benzene rings is 2. The first kappa shape index (κ1) is 41.3. The Morgan fingerprint density at radius 1 is 0.655 bits per heavy atom. The Labute approximate surface area is 355 Å². The van der Waals surface area contributed by atoms with Crippen molar-refractivity contribution in [3.63, 3.8) is 0 Å². The molecule has 0 aliphatic carbocycles. The summed E-state index contributed by atoms with van der Waals surface area (Å²) in [6.07, 6.45) is -2.78. The minimum absolute atomic E-state index is 0.274. The Morgan fingerprint density at radius 3 is 1.81 bits per heavy atom. The summed E-state index contributed by atoms with van der Waals surface area (Å²) in [5.41, 5.74) is 2.13. The molecule has 9 rings (SSSR count). The fourth-order valence-corrected chi connectivity index (χ4v) is 8.36. The smallest absolute Gasteiger partial charge is 0.164 e. The van der Waals surface area contributed by atoms with Crippen molar-refractivity contribution in [1.29, 1.82) is 0 Å². The number of hydrogen-bond acceptors (Lipinski definition) is 13. The van der Waals surface area contributed by atoms with Gasteiger partial charge in [0.2, 0.25) is 0 Å². The van der Waals surface area contributed by atoms with Crippen molar-refractivity contribution in [1.82, 2.24) is 29.1 Å². The van der Waals surface area contributed by atoms with E-state index in [2.05, 4.69) is 25.3 Å². The zero-order chi connectivity index (χ0) is 41.2. The normalized spacial score (nSPS) is 27.4. The highest BCUT2D eigenvalue weighted by Gasteiger charge is 2.58. The summed E-state index contributed by atoms with van der Waals surface area (Å²) in [5, 5.41) is 49.0. The van der Waals surface area contributed by atoms with E-state index in [1.54, 1.807) is 54.2 Å². The zero-order valence-corrected chi connectivity index (χ0v) is 34.5. The second-order valence-electron chi connectivity index (χ2n) is 14.3. The van der Waals surface area contributed by atoms with E-state index in [-0.39, 0.29) is 5.02 Å². The van der Waals surface area contributed by atoms with Crippen molar-refractivity contribution >= 4 is 85.9 Å². The van der Waals surface area contributed by atoms with Crippen molar-refractivity contribution in [3.8, 4) is 0 Å². The number of halogens is 5. The predicted molar refractivity (Wildman–Crippen MR) is 216 cm³/mol. The molecule has 5 N–H and O–H groups in total. The highest BCUT2D eigenvalue weighted by Crippen LogP contribution is 2.48. The number of fused-ring (bicyclic) bond motifs is 3. The Hall–Kier alpha value is -3.39. The van der Waals surface area contributed by atoms with Crippen LogP contribution in [0.1, 0.15) is 49.6 Å². The topological polar surface area (TPSA) is 191 Å². The van der Waals surface area contributed by atoms with E-state index >= 15 is 0 Å². The molecule has 2 aromatic carbocycles. The Morgan fingerprint density at radius 2 is 1.19 bits per heavy atom. The number of hydrogen-bond donors (Lipinski definition) is 5. The molecule has 20 heteroatoms. The molecule has 6 aromatic rings. The lowest BCUT2D eigenvalue weighted by Crippen LogP contribution is -2.34. The highest BCUT2D eigenvalue weighted by molar-refractivity contribution is 6.42. The van der Waals surface area contributed by atoms with E-state index in [0.29, 0.717) is 53.8 Å². The maximum Gasteiger partial charge on any atom is 0.164 e. The van der Waals surface area contributed by atoms with Crippen LogP contribution < -0.4 is 5.32 Å². The van der Waals surface area contributed by atoms with Crippen LogP contribution in [0.4, 0.5) is 5.82 Å². The molecule has 0 spiro atoms. The SMILES string of the molecule is CC1(C)O[C@H]2[C@@H](O1)[C@H](n1ccc3c(Cl)ncnc31)O[C@@H]2[C@H](O)c1ccc(Cl)c(Cl)c1.CNc1ncnc2c1ccn2[C@@H]1O[C@H]([C@H](O)c2ccc(Cl)c(Cl)c2)[C@@H](O)[C@H]1O. The predicted octanol–water partition coefficient (Wildman–Crippen LogP) is 6.68. The van der Waals surface area contributed by atoms with Gasteiger partial charge >= 0.3 is 0 Å². The third-order valence-electron chi connectivity index (χ3n) is 10.3. The number of ether oxygens (including phenoxy) is 4. The van der Waals surface area contributed by atoms with Gasteiger partial charge in [-0.1, -0.05) is 70.1 Å². The first-order valence-corrected chi connectivity index (χ1v) is 19.8. The quantitative estimate of drug-likeness (QED) is 0.107. The first-order chi connectivity index (χ1) is 27.7. The molecule has 10 atom stereocenters. The van der Waals surface area contributed by atoms with Crippen LogP contribution in [0.25, 0.3) is 22.1 Å². The zero-order valence-electron chi connectivity index (χ0n) is 30.7. The Bertz CT molecular complexity index is 2470. The van der Waals surface area contributed by atoms with Gasteiger partial charge in [0.1, 0.15) is 83.8 Å². The van der Waals surface area contributed by atoms with Gasteiger partial charge in [-0.05, 0) is 61.4 Å². The summed E-state index contributed by atoms with van der Waals surface area (Å²) in [6.45, 7) is 3.66. The van der Waals surface area contributed by atoms with Crippen LogP contribution in [0.2, 0.25) is 25.2 Å². The van der Waals surface area contributed by atoms with Gasteiger partial charge < -0.3 is 53.8 Å². The number of nitrogens with one attached hydrogen (secondary N) is 1. The summed E-state index contributed by atoms with van der Waals surface area (Å²) in [7, 11) is 1.74. The largest absolute Gasteiger partial charge is 0.387 e. The lowest BCUT2D eigenvalue weighted by Gasteiger charge is -2.27. The standard InChI is InChI=1S/C20H18Cl3N3O4.C18H18Cl2N4O4/c1-20(2)29-15-14(13(27)9-3-4-11(21)12(22)7-9)28-19(16(15)30-20)26-6-5-10-17(23)24-8-25-18(10)26;1-21-16-9-4-5-24(17(9)23-7-22-16)18-14(27)13(26)15(28-18)12(25)8-2-3-10(19)11(20)6-8/h3-8,13-16,19,27H,1-2H3;2-7,12-15,18,25-27H,1H3,(H,21,22,23)/t13-,14-,15-,16-,19-;12-,13+,14-,15-,18-/m11/s1. The van der Waals surface area contributed by atoms with Gasteiger partial charge in [-0.15, -0.1) is 0 Å². The van der Waals surface area contributed by atoms with Crippen LogP contribution in [0, 0.1) is 0 Å². The molecule has 4 aromatic heterocycles. The summed E-state index contributed by atoms with van der Waals surface area (Å²) < 4.78 is 27.8. The average Bonchev–Trinajstić information content (AvgIpc) is 4.02.